The molecule has 0 spiro atoms. The van der Waals surface area contributed by atoms with Crippen LogP contribution in [0.1, 0.15) is 30.1 Å². The summed E-state index contributed by atoms with van der Waals surface area (Å²) in [5, 5.41) is 16.7. The molecule has 1 N–H and O–H groups in total. The molecular formula is C15H15ClN6. The Bertz CT molecular complexity index is 796. The maximum absolute atomic E-state index is 6.14. The van der Waals surface area contributed by atoms with E-state index in [4.69, 9.17) is 11.6 Å². The molecule has 0 bridgehead atoms. The molecule has 0 aromatic carbocycles. The number of fused-ring (bicyclic) bond motifs is 1. The monoisotopic (exact) mass is 314 g/mol. The first-order chi connectivity index (χ1) is 10.8. The van der Waals surface area contributed by atoms with E-state index < -0.39 is 0 Å². The molecule has 0 atom stereocenters. The second-order valence-corrected chi connectivity index (χ2v) is 5.87. The molecule has 0 radical (unpaired) electrons. The van der Waals surface area contributed by atoms with Crippen molar-refractivity contribution in [3.05, 3.63) is 47.1 Å². The van der Waals surface area contributed by atoms with Crippen molar-refractivity contribution in [3.8, 4) is 0 Å². The third-order valence-electron chi connectivity index (χ3n) is 3.76. The van der Waals surface area contributed by atoms with E-state index in [2.05, 4.69) is 31.7 Å². The third kappa shape index (κ3) is 2.62. The van der Waals surface area contributed by atoms with Crippen molar-refractivity contribution >= 4 is 22.9 Å². The van der Waals surface area contributed by atoms with E-state index in [0.717, 1.165) is 43.0 Å². The van der Waals surface area contributed by atoms with Crippen LogP contribution in [-0.4, -0.2) is 31.3 Å². The minimum Gasteiger partial charge on any atom is -0.382 e. The standard InChI is InChI=1S/C15H15ClN6/c16-13-8-12(18-7-5-10-2-1-6-17-9-10)15-20-19-14(11-3-4-11)22(15)21-13/h1-2,6,8-9,11,18H,3-5,7H2. The van der Waals surface area contributed by atoms with Gasteiger partial charge in [0.15, 0.2) is 11.0 Å². The van der Waals surface area contributed by atoms with Crippen molar-refractivity contribution in [2.75, 3.05) is 11.9 Å². The Morgan fingerprint density at radius 3 is 3.00 bits per heavy atom. The summed E-state index contributed by atoms with van der Waals surface area (Å²) in [6, 6.07) is 5.80. The molecule has 7 heteroatoms. The van der Waals surface area contributed by atoms with Crippen LogP contribution in [0.3, 0.4) is 0 Å². The van der Waals surface area contributed by atoms with Crippen LogP contribution in [0.15, 0.2) is 30.6 Å². The number of anilines is 1. The Labute approximate surface area is 132 Å². The SMILES string of the molecule is Clc1cc(NCCc2cccnc2)c2nnc(C3CC3)n2n1. The van der Waals surface area contributed by atoms with Gasteiger partial charge in [0.05, 0.1) is 5.69 Å². The minimum absolute atomic E-state index is 0.443. The lowest BCUT2D eigenvalue weighted by molar-refractivity contribution is 0.815. The molecule has 112 valence electrons. The summed E-state index contributed by atoms with van der Waals surface area (Å²) in [4.78, 5) is 4.12. The van der Waals surface area contributed by atoms with Crippen LogP contribution in [0.2, 0.25) is 5.15 Å². The van der Waals surface area contributed by atoms with Gasteiger partial charge in [0.2, 0.25) is 5.65 Å². The molecule has 3 aromatic rings. The molecule has 0 saturated heterocycles. The van der Waals surface area contributed by atoms with Gasteiger partial charge in [0.25, 0.3) is 0 Å². The fraction of sp³-hybridized carbons (Fsp3) is 0.333. The van der Waals surface area contributed by atoms with Gasteiger partial charge < -0.3 is 5.32 Å². The smallest absolute Gasteiger partial charge is 0.201 e. The molecule has 0 amide bonds. The number of pyridine rings is 1. The molecule has 0 unspecified atom stereocenters. The largest absolute Gasteiger partial charge is 0.382 e. The Hall–Kier alpha value is -2.21. The normalized spacial score (nSPS) is 14.4. The molecule has 1 aliphatic rings. The summed E-state index contributed by atoms with van der Waals surface area (Å²) < 4.78 is 1.77. The zero-order valence-electron chi connectivity index (χ0n) is 11.9. The van der Waals surface area contributed by atoms with Crippen LogP contribution in [0.25, 0.3) is 5.65 Å². The van der Waals surface area contributed by atoms with E-state index in [1.807, 2.05) is 12.3 Å². The number of rotatable bonds is 5. The number of hydrogen-bond acceptors (Lipinski definition) is 5. The highest BCUT2D eigenvalue weighted by molar-refractivity contribution is 6.29. The van der Waals surface area contributed by atoms with Crippen molar-refractivity contribution in [1.29, 1.82) is 0 Å². The van der Waals surface area contributed by atoms with Gasteiger partial charge in [-0.25, -0.2) is 0 Å². The zero-order valence-corrected chi connectivity index (χ0v) is 12.7. The molecule has 1 saturated carbocycles. The lowest BCUT2D eigenvalue weighted by Gasteiger charge is -2.08. The lowest BCUT2D eigenvalue weighted by atomic mass is 10.2. The molecule has 3 heterocycles. The van der Waals surface area contributed by atoms with Gasteiger partial charge in [-0.1, -0.05) is 17.7 Å². The fourth-order valence-electron chi connectivity index (χ4n) is 2.48. The Balaban J connectivity index is 1.56. The van der Waals surface area contributed by atoms with Crippen LogP contribution < -0.4 is 5.32 Å². The van der Waals surface area contributed by atoms with Gasteiger partial charge in [-0.3, -0.25) is 4.98 Å². The van der Waals surface area contributed by atoms with E-state index in [9.17, 15) is 0 Å². The van der Waals surface area contributed by atoms with Crippen LogP contribution in [-0.2, 0) is 6.42 Å². The van der Waals surface area contributed by atoms with Crippen molar-refractivity contribution in [2.24, 2.45) is 0 Å². The van der Waals surface area contributed by atoms with Gasteiger partial charge >= 0.3 is 0 Å². The third-order valence-corrected chi connectivity index (χ3v) is 3.94. The summed E-state index contributed by atoms with van der Waals surface area (Å²) >= 11 is 6.14. The number of hydrogen-bond donors (Lipinski definition) is 1. The molecular weight excluding hydrogens is 300 g/mol. The second kappa shape index (κ2) is 5.53. The van der Waals surface area contributed by atoms with Gasteiger partial charge in [-0.2, -0.15) is 9.61 Å². The summed E-state index contributed by atoms with van der Waals surface area (Å²) in [5.74, 6) is 1.39. The van der Waals surface area contributed by atoms with E-state index in [1.54, 1.807) is 16.8 Å². The zero-order chi connectivity index (χ0) is 14.9. The highest BCUT2D eigenvalue weighted by Gasteiger charge is 2.29. The summed E-state index contributed by atoms with van der Waals surface area (Å²) in [6.45, 7) is 0.771. The van der Waals surface area contributed by atoms with Gasteiger partial charge in [-0.05, 0) is 30.9 Å². The first-order valence-electron chi connectivity index (χ1n) is 7.36. The van der Waals surface area contributed by atoms with E-state index >= 15 is 0 Å². The Morgan fingerprint density at radius 1 is 1.32 bits per heavy atom. The summed E-state index contributed by atoms with van der Waals surface area (Å²) in [6.07, 6.45) is 6.83. The van der Waals surface area contributed by atoms with Gasteiger partial charge in [0.1, 0.15) is 0 Å². The van der Waals surface area contributed by atoms with E-state index in [-0.39, 0.29) is 0 Å². The number of aromatic nitrogens is 5. The lowest BCUT2D eigenvalue weighted by Crippen LogP contribution is -2.08. The molecule has 0 aliphatic heterocycles. The van der Waals surface area contributed by atoms with Crippen LogP contribution in [0, 0.1) is 0 Å². The van der Waals surface area contributed by atoms with Crippen molar-refractivity contribution in [2.45, 2.75) is 25.2 Å². The van der Waals surface area contributed by atoms with Crippen molar-refractivity contribution < 1.29 is 0 Å². The predicted molar refractivity (Wildman–Crippen MR) is 84.2 cm³/mol. The van der Waals surface area contributed by atoms with Crippen LogP contribution in [0.4, 0.5) is 5.69 Å². The van der Waals surface area contributed by atoms with Crippen LogP contribution >= 0.6 is 11.6 Å². The van der Waals surface area contributed by atoms with Crippen molar-refractivity contribution in [1.82, 2.24) is 24.8 Å². The minimum atomic E-state index is 0.443. The first-order valence-corrected chi connectivity index (χ1v) is 7.74. The maximum atomic E-state index is 6.14. The fourth-order valence-corrected chi connectivity index (χ4v) is 2.66. The quantitative estimate of drug-likeness (QED) is 0.784. The first kappa shape index (κ1) is 13.5. The molecule has 3 aromatic heterocycles. The Kier molecular flexibility index (Phi) is 3.38. The second-order valence-electron chi connectivity index (χ2n) is 5.49. The van der Waals surface area contributed by atoms with Crippen molar-refractivity contribution in [3.63, 3.8) is 0 Å². The van der Waals surface area contributed by atoms with Gasteiger partial charge in [-0.15, -0.1) is 10.2 Å². The maximum Gasteiger partial charge on any atom is 0.201 e. The molecule has 4 rings (SSSR count). The number of halogens is 1. The summed E-state index contributed by atoms with van der Waals surface area (Å²) in [7, 11) is 0. The molecule has 1 fully saturated rings. The number of nitrogens with one attached hydrogen (secondary N) is 1. The molecule has 1 aliphatic carbocycles. The van der Waals surface area contributed by atoms with E-state index in [0.29, 0.717) is 11.1 Å². The highest BCUT2D eigenvalue weighted by Crippen LogP contribution is 2.39. The number of nitrogens with zero attached hydrogens (tertiary/aromatic N) is 5. The van der Waals surface area contributed by atoms with Crippen LogP contribution in [0.5, 0.6) is 0 Å². The average Bonchev–Trinajstić information content (AvgIpc) is 3.28. The highest BCUT2D eigenvalue weighted by atomic mass is 35.5. The van der Waals surface area contributed by atoms with E-state index in [1.165, 1.54) is 5.56 Å². The van der Waals surface area contributed by atoms with Gasteiger partial charge in [0, 0.05) is 30.9 Å². The predicted octanol–water partition coefficient (Wildman–Crippen LogP) is 2.70. The molecule has 22 heavy (non-hydrogen) atoms. The topological polar surface area (TPSA) is 68.0 Å². The molecule has 6 nitrogen and oxygen atoms in total. The Morgan fingerprint density at radius 2 is 2.23 bits per heavy atom. The average molecular weight is 315 g/mol. The summed E-state index contributed by atoms with van der Waals surface area (Å²) in [5.41, 5.74) is 2.78.